The van der Waals surface area contributed by atoms with Crippen molar-refractivity contribution in [3.05, 3.63) is 158 Å². The Bertz CT molecular complexity index is 3710. The first-order valence-electron chi connectivity index (χ1n) is 18.5. The maximum absolute atomic E-state index is 6.63. The molecule has 0 saturated carbocycles. The Balaban J connectivity index is 1.30. The molecule has 0 aliphatic rings. The van der Waals surface area contributed by atoms with E-state index >= 15 is 0 Å². The predicted molar refractivity (Wildman–Crippen MR) is 226 cm³/mol. The van der Waals surface area contributed by atoms with E-state index in [1.165, 1.54) is 5.39 Å². The lowest BCUT2D eigenvalue weighted by molar-refractivity contribution is 0.663. The number of aromatic nitrogens is 6. The van der Waals surface area contributed by atoms with Crippen LogP contribution in [-0.4, -0.2) is 28.7 Å². The molecule has 13 rings (SSSR count). The van der Waals surface area contributed by atoms with Gasteiger partial charge >= 0.3 is 0 Å². The Kier molecular flexibility index (Phi) is 5.74. The van der Waals surface area contributed by atoms with Crippen molar-refractivity contribution in [2.45, 2.75) is 0 Å². The molecule has 5 heterocycles. The van der Waals surface area contributed by atoms with Gasteiger partial charge in [-0.05, 0) is 98.4 Å². The number of fused-ring (bicyclic) bond motifs is 12. The molecule has 0 N–H and O–H groups in total. The second-order valence-electron chi connectivity index (χ2n) is 14.3. The van der Waals surface area contributed by atoms with E-state index in [-0.39, 0.29) is 0 Å². The van der Waals surface area contributed by atoms with Gasteiger partial charge in [-0.1, -0.05) is 84.9 Å². The topological polar surface area (TPSA) is 86.7 Å². The third kappa shape index (κ3) is 4.07. The Hall–Kier alpha value is -7.84. The normalized spacial score (nSPS) is 12.3. The quantitative estimate of drug-likeness (QED) is 0.155. The smallest absolute Gasteiger partial charge is 0.228 e. The molecule has 0 fully saturated rings. The van der Waals surface area contributed by atoms with Crippen LogP contribution in [0.2, 0.25) is 0 Å². The van der Waals surface area contributed by atoms with Gasteiger partial charge in [0.15, 0.2) is 11.2 Å². The van der Waals surface area contributed by atoms with Gasteiger partial charge in [0, 0.05) is 27.2 Å². The monoisotopic (exact) mass is 718 g/mol. The second-order valence-corrected chi connectivity index (χ2v) is 14.3. The maximum Gasteiger partial charge on any atom is 0.228 e. The van der Waals surface area contributed by atoms with Crippen LogP contribution in [0.15, 0.2) is 167 Å². The Labute approximate surface area is 315 Å². The molecule has 8 bridgehead atoms. The third-order valence-corrected chi connectivity index (χ3v) is 11.3. The van der Waals surface area contributed by atoms with Crippen LogP contribution in [0.5, 0.6) is 0 Å². The van der Waals surface area contributed by atoms with Gasteiger partial charge in [-0.15, -0.1) is 0 Å². The highest BCUT2D eigenvalue weighted by molar-refractivity contribution is 6.20. The summed E-state index contributed by atoms with van der Waals surface area (Å²) in [5.74, 6) is 0. The van der Waals surface area contributed by atoms with Crippen molar-refractivity contribution in [2.75, 3.05) is 0 Å². The van der Waals surface area contributed by atoms with Crippen LogP contribution in [0, 0.1) is 0 Å². The summed E-state index contributed by atoms with van der Waals surface area (Å²) in [7, 11) is 0. The van der Waals surface area contributed by atoms with Gasteiger partial charge in [0.05, 0.1) is 11.0 Å². The summed E-state index contributed by atoms with van der Waals surface area (Å²) < 4.78 is 17.5. The molecule has 260 valence electrons. The lowest BCUT2D eigenvalue weighted by Gasteiger charge is -2.06. The SMILES string of the molecule is c1cc2cccc3c4cccc(c4)n4cnc5ccc6oc(nc6c54)c4cccc5cccc(c6nc7c(ccc8ncn(c9cccc(c9)c(c1)c23)c87)o6)c54. The summed E-state index contributed by atoms with van der Waals surface area (Å²) in [4.78, 5) is 20.1. The minimum atomic E-state index is 0.508. The Morgan fingerprint density at radius 2 is 0.804 bits per heavy atom. The number of benzene rings is 8. The van der Waals surface area contributed by atoms with E-state index in [9.17, 15) is 0 Å². The summed E-state index contributed by atoms with van der Waals surface area (Å²) in [5.41, 5.74) is 9.23. The van der Waals surface area contributed by atoms with Crippen molar-refractivity contribution < 1.29 is 8.83 Å². The van der Waals surface area contributed by atoms with Crippen LogP contribution in [0.25, 0.3) is 121 Å². The number of oxazole rings is 2. The predicted octanol–water partition coefficient (Wildman–Crippen LogP) is 12.2. The molecule has 0 aliphatic heterocycles. The molecule has 0 radical (unpaired) electrons. The number of imidazole rings is 2. The first-order valence-corrected chi connectivity index (χ1v) is 18.5. The molecule has 0 aliphatic carbocycles. The molecular weight excluding hydrogens is 693 g/mol. The Morgan fingerprint density at radius 3 is 1.29 bits per heavy atom. The zero-order chi connectivity index (χ0) is 36.5. The standard InChI is InChI=1S/C48H26N6O2/c1-11-29-23-31(13-1)53-25-49-37-19-21-39-43(45(37)53)51-47(55-39)35-17-5-9-28-10-6-18-36(42(28)35)48-52-44-40(56-48)22-20-38-46(44)54(26-50-38)32-14-2-12-30(24-32)34-16-4-8-27-7-3-15-33(29)41(27)34/h1-26H. The molecule has 0 atom stereocenters. The van der Waals surface area contributed by atoms with Crippen LogP contribution in [0.3, 0.4) is 0 Å². The van der Waals surface area contributed by atoms with Gasteiger partial charge in [0.2, 0.25) is 11.4 Å². The van der Waals surface area contributed by atoms with Crippen LogP contribution in [0.4, 0.5) is 0 Å². The summed E-state index contributed by atoms with van der Waals surface area (Å²) in [6.45, 7) is 0. The zero-order valence-corrected chi connectivity index (χ0v) is 29.5. The molecule has 5 aromatic heterocycles. The van der Waals surface area contributed by atoms with E-state index in [0.29, 0.717) is 22.6 Å². The van der Waals surface area contributed by atoms with Crippen LogP contribution >= 0.6 is 0 Å². The molecule has 8 aromatic carbocycles. The number of nitrogens with zero attached hydrogens (tertiary/aromatic N) is 6. The fourth-order valence-electron chi connectivity index (χ4n) is 8.77. The summed E-state index contributed by atoms with van der Waals surface area (Å²) >= 11 is 0. The zero-order valence-electron chi connectivity index (χ0n) is 29.5. The van der Waals surface area contributed by atoms with E-state index in [0.717, 1.165) is 92.6 Å². The van der Waals surface area contributed by atoms with Gasteiger partial charge in [0.25, 0.3) is 0 Å². The second kappa shape index (κ2) is 10.9. The fraction of sp³-hybridized carbons (Fsp3) is 0. The van der Waals surface area contributed by atoms with E-state index in [1.807, 2.05) is 61.2 Å². The minimum absolute atomic E-state index is 0.508. The van der Waals surface area contributed by atoms with E-state index in [2.05, 4.69) is 106 Å². The van der Waals surface area contributed by atoms with Crippen LogP contribution in [0.1, 0.15) is 0 Å². The molecule has 0 amide bonds. The average molecular weight is 719 g/mol. The first-order chi connectivity index (χ1) is 27.7. The van der Waals surface area contributed by atoms with Crippen LogP contribution < -0.4 is 0 Å². The van der Waals surface area contributed by atoms with Gasteiger partial charge in [-0.2, -0.15) is 0 Å². The molecule has 0 saturated heterocycles. The van der Waals surface area contributed by atoms with Crippen molar-refractivity contribution in [1.29, 1.82) is 0 Å². The van der Waals surface area contributed by atoms with Crippen molar-refractivity contribution >= 4 is 121 Å². The first kappa shape index (κ1) is 29.6. The highest BCUT2D eigenvalue weighted by Gasteiger charge is 2.16. The average Bonchev–Trinajstić information content (AvgIpc) is 4.06. The molecule has 0 spiro atoms. The van der Waals surface area contributed by atoms with E-state index in [4.69, 9.17) is 28.8 Å². The molecular formula is C48H26N6O2. The lowest BCUT2D eigenvalue weighted by atomic mass is 9.98. The Morgan fingerprint density at radius 1 is 0.393 bits per heavy atom. The van der Waals surface area contributed by atoms with Gasteiger partial charge in [0.1, 0.15) is 34.7 Å². The van der Waals surface area contributed by atoms with Crippen LogP contribution in [-0.2, 0) is 0 Å². The number of rotatable bonds is 0. The fourth-order valence-corrected chi connectivity index (χ4v) is 8.77. The third-order valence-electron chi connectivity index (χ3n) is 11.3. The highest BCUT2D eigenvalue weighted by Crippen LogP contribution is 2.36. The number of hydrogen-bond donors (Lipinski definition) is 0. The summed E-state index contributed by atoms with van der Waals surface area (Å²) in [6, 6.07) is 50.6. The van der Waals surface area contributed by atoms with Crippen molar-refractivity contribution in [3.8, 4) is 0 Å². The molecule has 13 aromatic rings. The summed E-state index contributed by atoms with van der Waals surface area (Å²) in [6.07, 6.45) is 3.75. The van der Waals surface area contributed by atoms with Gasteiger partial charge < -0.3 is 8.83 Å². The van der Waals surface area contributed by atoms with E-state index < -0.39 is 0 Å². The minimum Gasteiger partial charge on any atom is -0.436 e. The van der Waals surface area contributed by atoms with Gasteiger partial charge in [-0.3, -0.25) is 8.80 Å². The van der Waals surface area contributed by atoms with Gasteiger partial charge in [-0.25, -0.2) is 19.9 Å². The van der Waals surface area contributed by atoms with Crippen molar-refractivity contribution in [2.24, 2.45) is 0 Å². The number of hydrogen-bond acceptors (Lipinski definition) is 6. The van der Waals surface area contributed by atoms with E-state index in [1.54, 1.807) is 0 Å². The molecule has 8 nitrogen and oxygen atoms in total. The summed E-state index contributed by atoms with van der Waals surface area (Å²) in [5, 5.41) is 10.5. The molecule has 0 unspecified atom stereocenters. The highest BCUT2D eigenvalue weighted by atomic mass is 16.3. The van der Waals surface area contributed by atoms with Crippen molar-refractivity contribution in [3.63, 3.8) is 0 Å². The molecule has 56 heavy (non-hydrogen) atoms. The lowest BCUT2D eigenvalue weighted by Crippen LogP contribution is -1.85. The maximum atomic E-state index is 6.63. The molecule has 8 heteroatoms. The van der Waals surface area contributed by atoms with Crippen molar-refractivity contribution in [1.82, 2.24) is 28.7 Å². The largest absolute Gasteiger partial charge is 0.436 e.